The molecule has 6 nitrogen and oxygen atoms in total. The third-order valence-electron chi connectivity index (χ3n) is 5.87. The number of anilines is 1. The molecule has 36 heavy (non-hydrogen) atoms. The predicted octanol–water partition coefficient (Wildman–Crippen LogP) is 5.79. The van der Waals surface area contributed by atoms with Crippen LogP contribution >= 0.6 is 11.3 Å². The van der Waals surface area contributed by atoms with Crippen LogP contribution < -0.4 is 10.6 Å². The molecule has 0 saturated carbocycles. The van der Waals surface area contributed by atoms with Crippen molar-refractivity contribution in [3.63, 3.8) is 0 Å². The Morgan fingerprint density at radius 2 is 1.56 bits per heavy atom. The van der Waals surface area contributed by atoms with Crippen LogP contribution in [0, 0.1) is 6.92 Å². The maximum Gasteiger partial charge on any atom is 0.251 e. The fourth-order valence-corrected chi connectivity index (χ4v) is 4.45. The Morgan fingerprint density at radius 1 is 0.889 bits per heavy atom. The predicted molar refractivity (Wildman–Crippen MR) is 145 cm³/mol. The monoisotopic (exact) mass is 498 g/mol. The Morgan fingerprint density at radius 3 is 2.19 bits per heavy atom. The molecule has 0 aliphatic carbocycles. The van der Waals surface area contributed by atoms with E-state index in [9.17, 15) is 9.59 Å². The van der Waals surface area contributed by atoms with Gasteiger partial charge in [0.25, 0.3) is 5.91 Å². The zero-order chi connectivity index (χ0) is 25.7. The molecule has 0 radical (unpaired) electrons. The van der Waals surface area contributed by atoms with Crippen molar-refractivity contribution in [3.05, 3.63) is 101 Å². The maximum absolute atomic E-state index is 13.3. The van der Waals surface area contributed by atoms with E-state index in [0.29, 0.717) is 22.1 Å². The molecule has 1 aromatic heterocycles. The van der Waals surface area contributed by atoms with Crippen LogP contribution in [0.15, 0.2) is 78.9 Å². The van der Waals surface area contributed by atoms with Crippen molar-refractivity contribution in [3.8, 4) is 10.6 Å². The van der Waals surface area contributed by atoms with Gasteiger partial charge in [-0.2, -0.15) is 0 Å². The van der Waals surface area contributed by atoms with Crippen molar-refractivity contribution in [1.29, 1.82) is 0 Å². The first kappa shape index (κ1) is 25.3. The highest BCUT2D eigenvalue weighted by Crippen LogP contribution is 2.27. The normalized spacial score (nSPS) is 12.1. The molecular formula is C29H30N4O2S. The molecule has 2 N–H and O–H groups in total. The number of hydrogen-bond acceptors (Lipinski definition) is 5. The van der Waals surface area contributed by atoms with Crippen molar-refractivity contribution in [2.45, 2.75) is 45.6 Å². The second-order valence-corrected chi connectivity index (χ2v) is 10.8. The van der Waals surface area contributed by atoms with Crippen LogP contribution in [0.5, 0.6) is 0 Å². The van der Waals surface area contributed by atoms with E-state index >= 15 is 0 Å². The number of amides is 2. The average molecular weight is 499 g/mol. The molecule has 3 aromatic carbocycles. The Balaban J connectivity index is 1.50. The van der Waals surface area contributed by atoms with Crippen LogP contribution in [0.4, 0.5) is 5.13 Å². The van der Waals surface area contributed by atoms with Gasteiger partial charge in [0.2, 0.25) is 11.0 Å². The highest BCUT2D eigenvalue weighted by Gasteiger charge is 2.24. The summed E-state index contributed by atoms with van der Waals surface area (Å²) in [5, 5.41) is 15.2. The summed E-state index contributed by atoms with van der Waals surface area (Å²) in [6.45, 7) is 8.40. The molecule has 2 amide bonds. The molecular weight excluding hydrogens is 468 g/mol. The number of nitrogens with one attached hydrogen (secondary N) is 2. The van der Waals surface area contributed by atoms with E-state index in [4.69, 9.17) is 0 Å². The van der Waals surface area contributed by atoms with Crippen molar-refractivity contribution in [2.24, 2.45) is 0 Å². The molecule has 1 heterocycles. The molecule has 0 aliphatic heterocycles. The van der Waals surface area contributed by atoms with E-state index in [1.807, 2.05) is 73.7 Å². The lowest BCUT2D eigenvalue weighted by Crippen LogP contribution is -2.45. The number of aromatic nitrogens is 2. The topological polar surface area (TPSA) is 84.0 Å². The zero-order valence-electron chi connectivity index (χ0n) is 20.9. The van der Waals surface area contributed by atoms with Crippen LogP contribution in [-0.2, 0) is 16.6 Å². The van der Waals surface area contributed by atoms with E-state index in [0.717, 1.165) is 22.3 Å². The first-order valence-corrected chi connectivity index (χ1v) is 12.7. The van der Waals surface area contributed by atoms with Gasteiger partial charge in [0.15, 0.2) is 0 Å². The first-order valence-electron chi connectivity index (χ1n) is 11.9. The lowest BCUT2D eigenvalue weighted by Gasteiger charge is -2.20. The van der Waals surface area contributed by atoms with Crippen LogP contribution in [0.2, 0.25) is 0 Å². The van der Waals surface area contributed by atoms with Crippen molar-refractivity contribution >= 4 is 28.3 Å². The van der Waals surface area contributed by atoms with Gasteiger partial charge in [-0.05, 0) is 35.6 Å². The molecule has 0 bridgehead atoms. The SMILES string of the molecule is Cc1ccc(-c2nnc(NC(=O)[C@@H](Cc3ccccc3)NC(=O)c3ccc(C(C)(C)C)cc3)s2)cc1. The number of hydrogen-bond donors (Lipinski definition) is 2. The number of rotatable bonds is 7. The van der Waals surface area contributed by atoms with E-state index < -0.39 is 6.04 Å². The number of aryl methyl sites for hydroxylation is 1. The molecule has 184 valence electrons. The largest absolute Gasteiger partial charge is 0.340 e. The summed E-state index contributed by atoms with van der Waals surface area (Å²) in [4.78, 5) is 26.3. The van der Waals surface area contributed by atoms with E-state index in [1.54, 1.807) is 12.1 Å². The Hall–Kier alpha value is -3.84. The third kappa shape index (κ3) is 6.43. The summed E-state index contributed by atoms with van der Waals surface area (Å²) in [6.07, 6.45) is 0.349. The van der Waals surface area contributed by atoms with Gasteiger partial charge < -0.3 is 5.32 Å². The van der Waals surface area contributed by atoms with Crippen LogP contribution in [0.25, 0.3) is 10.6 Å². The minimum atomic E-state index is -0.783. The molecule has 0 fully saturated rings. The van der Waals surface area contributed by atoms with E-state index in [2.05, 4.69) is 41.6 Å². The second kappa shape index (κ2) is 10.8. The quantitative estimate of drug-likeness (QED) is 0.338. The molecule has 1 atom stereocenters. The van der Waals surface area contributed by atoms with Gasteiger partial charge in [-0.3, -0.25) is 14.9 Å². The fraction of sp³-hybridized carbons (Fsp3) is 0.241. The molecule has 4 rings (SSSR count). The van der Waals surface area contributed by atoms with E-state index in [-0.39, 0.29) is 17.2 Å². The van der Waals surface area contributed by atoms with Gasteiger partial charge >= 0.3 is 0 Å². The molecule has 0 unspecified atom stereocenters. The second-order valence-electron chi connectivity index (χ2n) is 9.81. The molecule has 0 spiro atoms. The van der Waals surface area contributed by atoms with Gasteiger partial charge in [0, 0.05) is 17.5 Å². The number of carbonyl (C=O) groups is 2. The fourth-order valence-electron chi connectivity index (χ4n) is 3.70. The van der Waals surface area contributed by atoms with Crippen LogP contribution in [-0.4, -0.2) is 28.1 Å². The average Bonchev–Trinajstić information content (AvgIpc) is 3.32. The summed E-state index contributed by atoms with van der Waals surface area (Å²) in [6, 6.07) is 24.3. The summed E-state index contributed by atoms with van der Waals surface area (Å²) >= 11 is 1.30. The number of benzene rings is 3. The molecule has 0 saturated heterocycles. The number of nitrogens with zero attached hydrogens (tertiary/aromatic N) is 2. The molecule has 4 aromatic rings. The standard InChI is InChI=1S/C29H30N4O2S/c1-19-10-12-22(13-11-19)27-32-33-28(36-27)31-26(35)24(18-20-8-6-5-7-9-20)30-25(34)21-14-16-23(17-15-21)29(2,3)4/h5-17,24H,18H2,1-4H3,(H,30,34)(H,31,33,35)/t24-/m1/s1. The lowest BCUT2D eigenvalue weighted by atomic mass is 9.86. The zero-order valence-corrected chi connectivity index (χ0v) is 21.7. The minimum Gasteiger partial charge on any atom is -0.340 e. The van der Waals surface area contributed by atoms with Crippen LogP contribution in [0.1, 0.15) is 47.8 Å². The van der Waals surface area contributed by atoms with Crippen molar-refractivity contribution in [2.75, 3.05) is 5.32 Å². The van der Waals surface area contributed by atoms with Gasteiger partial charge in [-0.1, -0.05) is 104 Å². The minimum absolute atomic E-state index is 0.0100. The Bertz CT molecular complexity index is 1320. The summed E-state index contributed by atoms with van der Waals surface area (Å²) in [7, 11) is 0. The van der Waals surface area contributed by atoms with Crippen molar-refractivity contribution in [1.82, 2.24) is 15.5 Å². The first-order chi connectivity index (χ1) is 17.2. The molecule has 0 aliphatic rings. The third-order valence-corrected chi connectivity index (χ3v) is 6.76. The Labute approximate surface area is 215 Å². The number of carbonyl (C=O) groups excluding carboxylic acids is 2. The maximum atomic E-state index is 13.3. The molecule has 7 heteroatoms. The lowest BCUT2D eigenvalue weighted by molar-refractivity contribution is -0.118. The van der Waals surface area contributed by atoms with Crippen LogP contribution in [0.3, 0.4) is 0 Å². The van der Waals surface area contributed by atoms with Gasteiger partial charge in [0.05, 0.1) is 0 Å². The van der Waals surface area contributed by atoms with E-state index in [1.165, 1.54) is 11.3 Å². The van der Waals surface area contributed by atoms with Gasteiger partial charge in [-0.25, -0.2) is 0 Å². The summed E-state index contributed by atoms with van der Waals surface area (Å²) < 4.78 is 0. The van der Waals surface area contributed by atoms with Gasteiger partial charge in [-0.15, -0.1) is 10.2 Å². The Kier molecular flexibility index (Phi) is 7.60. The highest BCUT2D eigenvalue weighted by atomic mass is 32.1. The highest BCUT2D eigenvalue weighted by molar-refractivity contribution is 7.18. The van der Waals surface area contributed by atoms with Crippen molar-refractivity contribution < 1.29 is 9.59 Å². The summed E-state index contributed by atoms with van der Waals surface area (Å²) in [5.41, 5.74) is 4.67. The summed E-state index contributed by atoms with van der Waals surface area (Å²) in [5.74, 6) is -0.644. The smallest absolute Gasteiger partial charge is 0.251 e. The van der Waals surface area contributed by atoms with Gasteiger partial charge in [0.1, 0.15) is 11.0 Å².